The van der Waals surface area contributed by atoms with Crippen LogP contribution in [0, 0.1) is 6.92 Å². The molecule has 164 valence electrons. The molecule has 0 saturated heterocycles. The van der Waals surface area contributed by atoms with Gasteiger partial charge in [0.2, 0.25) is 0 Å². The first-order valence-corrected chi connectivity index (χ1v) is 10.6. The molecule has 0 amide bonds. The number of aromatic nitrogens is 1. The normalized spacial score (nSPS) is 16.9. The van der Waals surface area contributed by atoms with E-state index in [0.29, 0.717) is 49.0 Å². The highest BCUT2D eigenvalue weighted by Gasteiger charge is 2.33. The molecule has 0 bridgehead atoms. The average molecular weight is 433 g/mol. The van der Waals surface area contributed by atoms with Crippen molar-refractivity contribution in [3.63, 3.8) is 0 Å². The summed E-state index contributed by atoms with van der Waals surface area (Å²) in [5, 5.41) is 9.48. The molecule has 3 aromatic rings. The summed E-state index contributed by atoms with van der Waals surface area (Å²) in [6.07, 6.45) is 0.719. The van der Waals surface area contributed by atoms with Crippen molar-refractivity contribution >= 4 is 5.97 Å². The number of aryl methyl sites for hydroxylation is 2. The molecule has 0 unspecified atom stereocenters. The van der Waals surface area contributed by atoms with Crippen LogP contribution in [-0.2, 0) is 17.8 Å². The highest BCUT2D eigenvalue weighted by atomic mass is 16.6. The SMILES string of the molecule is Cc1cc2c(c(=O)n1CCc1ccc(O)cc1)[C@H](c1ccc3c(c1)OCCO3)CC(=O)O2. The Bertz CT molecular complexity index is 1240. The van der Waals surface area contributed by atoms with Gasteiger partial charge in [-0.3, -0.25) is 9.59 Å². The first-order chi connectivity index (χ1) is 15.5. The predicted molar refractivity (Wildman–Crippen MR) is 117 cm³/mol. The quantitative estimate of drug-likeness (QED) is 0.636. The summed E-state index contributed by atoms with van der Waals surface area (Å²) in [7, 11) is 0. The van der Waals surface area contributed by atoms with E-state index in [-0.39, 0.29) is 23.7 Å². The number of carbonyl (C=O) groups is 1. The monoisotopic (exact) mass is 433 g/mol. The van der Waals surface area contributed by atoms with Gasteiger partial charge in [0.15, 0.2) is 11.5 Å². The van der Waals surface area contributed by atoms with Crippen LogP contribution in [0.25, 0.3) is 0 Å². The van der Waals surface area contributed by atoms with Gasteiger partial charge in [-0.15, -0.1) is 0 Å². The van der Waals surface area contributed by atoms with Crippen LogP contribution in [-0.4, -0.2) is 28.9 Å². The van der Waals surface area contributed by atoms with Gasteiger partial charge < -0.3 is 23.9 Å². The molecule has 1 N–H and O–H groups in total. The van der Waals surface area contributed by atoms with Crippen LogP contribution in [0.2, 0.25) is 0 Å². The number of benzene rings is 2. The number of pyridine rings is 1. The van der Waals surface area contributed by atoms with Gasteiger partial charge in [-0.05, 0) is 48.7 Å². The summed E-state index contributed by atoms with van der Waals surface area (Å²) in [6.45, 7) is 3.27. The van der Waals surface area contributed by atoms with Crippen molar-refractivity contribution in [3.05, 3.63) is 81.3 Å². The molecule has 0 radical (unpaired) electrons. The fourth-order valence-corrected chi connectivity index (χ4v) is 4.34. The lowest BCUT2D eigenvalue weighted by atomic mass is 9.86. The fraction of sp³-hybridized carbons (Fsp3) is 0.280. The van der Waals surface area contributed by atoms with E-state index in [0.717, 1.165) is 16.8 Å². The number of phenolic OH excluding ortho intramolecular Hbond substituents is 1. The molecule has 2 aliphatic heterocycles. The first kappa shape index (κ1) is 20.2. The predicted octanol–water partition coefficient (Wildman–Crippen LogP) is 3.32. The van der Waals surface area contributed by atoms with Gasteiger partial charge in [0.1, 0.15) is 24.7 Å². The third-order valence-electron chi connectivity index (χ3n) is 5.98. The summed E-state index contributed by atoms with van der Waals surface area (Å²) in [5.74, 6) is 1.03. The maximum Gasteiger partial charge on any atom is 0.312 e. The Morgan fingerprint density at radius 2 is 1.72 bits per heavy atom. The lowest BCUT2D eigenvalue weighted by Gasteiger charge is -2.27. The zero-order valence-electron chi connectivity index (χ0n) is 17.7. The van der Waals surface area contributed by atoms with Crippen LogP contribution in [0.3, 0.4) is 0 Å². The highest BCUT2D eigenvalue weighted by Crippen LogP contribution is 2.40. The molecule has 1 atom stereocenters. The van der Waals surface area contributed by atoms with Crippen molar-refractivity contribution in [2.45, 2.75) is 32.2 Å². The number of rotatable bonds is 4. The van der Waals surface area contributed by atoms with Crippen molar-refractivity contribution in [3.8, 4) is 23.0 Å². The number of fused-ring (bicyclic) bond motifs is 2. The fourth-order valence-electron chi connectivity index (χ4n) is 4.34. The van der Waals surface area contributed by atoms with E-state index < -0.39 is 5.92 Å². The molecular weight excluding hydrogens is 410 g/mol. The molecule has 0 saturated carbocycles. The van der Waals surface area contributed by atoms with Crippen molar-refractivity contribution in [1.82, 2.24) is 4.57 Å². The molecule has 2 aliphatic rings. The summed E-state index contributed by atoms with van der Waals surface area (Å²) < 4.78 is 18.5. The Balaban J connectivity index is 1.53. The Labute approximate surface area is 184 Å². The van der Waals surface area contributed by atoms with Gasteiger partial charge in [-0.2, -0.15) is 0 Å². The largest absolute Gasteiger partial charge is 0.508 e. The smallest absolute Gasteiger partial charge is 0.312 e. The zero-order valence-corrected chi connectivity index (χ0v) is 17.7. The van der Waals surface area contributed by atoms with E-state index in [1.54, 1.807) is 22.8 Å². The summed E-state index contributed by atoms with van der Waals surface area (Å²) in [5.41, 5.74) is 2.88. The molecule has 32 heavy (non-hydrogen) atoms. The number of esters is 1. The minimum Gasteiger partial charge on any atom is -0.508 e. The topological polar surface area (TPSA) is 87.0 Å². The van der Waals surface area contributed by atoms with E-state index in [4.69, 9.17) is 14.2 Å². The van der Waals surface area contributed by atoms with Crippen LogP contribution in [0.5, 0.6) is 23.0 Å². The summed E-state index contributed by atoms with van der Waals surface area (Å²) in [4.78, 5) is 25.9. The Morgan fingerprint density at radius 1 is 0.969 bits per heavy atom. The number of aromatic hydroxyl groups is 1. The minimum atomic E-state index is -0.421. The van der Waals surface area contributed by atoms with Crippen LogP contribution >= 0.6 is 0 Å². The molecular formula is C25H23NO6. The molecule has 1 aromatic heterocycles. The second-order valence-corrected chi connectivity index (χ2v) is 8.07. The van der Waals surface area contributed by atoms with Crippen molar-refractivity contribution in [1.29, 1.82) is 0 Å². The second kappa shape index (κ2) is 8.07. The highest BCUT2D eigenvalue weighted by molar-refractivity contribution is 5.77. The third kappa shape index (κ3) is 3.70. The first-order valence-electron chi connectivity index (χ1n) is 10.6. The Hall–Kier alpha value is -3.74. The van der Waals surface area contributed by atoms with Crippen LogP contribution < -0.4 is 19.8 Å². The summed E-state index contributed by atoms with van der Waals surface area (Å²) >= 11 is 0. The van der Waals surface area contributed by atoms with Gasteiger partial charge in [0.25, 0.3) is 5.56 Å². The lowest BCUT2D eigenvalue weighted by Crippen LogP contribution is -2.33. The van der Waals surface area contributed by atoms with Gasteiger partial charge in [-0.1, -0.05) is 18.2 Å². The molecule has 5 rings (SSSR count). The number of hydrogen-bond acceptors (Lipinski definition) is 6. The van der Waals surface area contributed by atoms with Gasteiger partial charge >= 0.3 is 5.97 Å². The number of hydrogen-bond donors (Lipinski definition) is 1. The van der Waals surface area contributed by atoms with Gasteiger partial charge in [0.05, 0.1) is 12.0 Å². The molecule has 0 fully saturated rings. The van der Waals surface area contributed by atoms with Crippen LogP contribution in [0.15, 0.2) is 53.3 Å². The number of phenols is 1. The lowest BCUT2D eigenvalue weighted by molar-refractivity contribution is -0.135. The van der Waals surface area contributed by atoms with Crippen LogP contribution in [0.4, 0.5) is 0 Å². The van der Waals surface area contributed by atoms with E-state index in [1.807, 2.05) is 37.3 Å². The van der Waals surface area contributed by atoms with E-state index in [2.05, 4.69) is 0 Å². The molecule has 3 heterocycles. The van der Waals surface area contributed by atoms with E-state index >= 15 is 0 Å². The second-order valence-electron chi connectivity index (χ2n) is 8.07. The summed E-state index contributed by atoms with van der Waals surface area (Å²) in [6, 6.07) is 14.3. The Kier molecular flexibility index (Phi) is 5.09. The molecule has 0 spiro atoms. The Morgan fingerprint density at radius 3 is 2.50 bits per heavy atom. The van der Waals surface area contributed by atoms with E-state index in [1.165, 1.54) is 0 Å². The maximum atomic E-state index is 13.6. The van der Waals surface area contributed by atoms with Crippen molar-refractivity contribution in [2.24, 2.45) is 0 Å². The zero-order chi connectivity index (χ0) is 22.2. The number of carbonyl (C=O) groups excluding carboxylic acids is 1. The molecule has 7 heteroatoms. The molecule has 7 nitrogen and oxygen atoms in total. The van der Waals surface area contributed by atoms with Crippen molar-refractivity contribution < 1.29 is 24.1 Å². The molecule has 2 aromatic carbocycles. The van der Waals surface area contributed by atoms with Crippen LogP contribution in [0.1, 0.15) is 34.7 Å². The standard InChI is InChI=1S/C25H23NO6/c1-15-12-22-24(25(29)26(15)9-8-16-2-5-18(27)6-3-16)19(14-23(28)32-22)17-4-7-20-21(13-17)31-11-10-30-20/h2-7,12-13,19,27H,8-11,14H2,1H3/t19-/m0/s1. The van der Waals surface area contributed by atoms with Crippen molar-refractivity contribution in [2.75, 3.05) is 13.2 Å². The average Bonchev–Trinajstić information content (AvgIpc) is 2.79. The maximum absolute atomic E-state index is 13.6. The number of nitrogens with zero attached hydrogens (tertiary/aromatic N) is 1. The molecule has 0 aliphatic carbocycles. The third-order valence-corrected chi connectivity index (χ3v) is 5.98. The van der Waals surface area contributed by atoms with Gasteiger partial charge in [0, 0.05) is 24.2 Å². The van der Waals surface area contributed by atoms with Gasteiger partial charge in [-0.25, -0.2) is 0 Å². The minimum absolute atomic E-state index is 0.0862. The number of ether oxygens (including phenoxy) is 3. The van der Waals surface area contributed by atoms with E-state index in [9.17, 15) is 14.7 Å².